The molecule has 1 aliphatic heterocycles. The summed E-state index contributed by atoms with van der Waals surface area (Å²) in [4.78, 5) is 32.8. The molecule has 0 bridgehead atoms. The summed E-state index contributed by atoms with van der Waals surface area (Å²) < 4.78 is 15.8. The largest absolute Gasteiger partial charge is 0.494 e. The molecule has 0 N–H and O–H groups in total. The Morgan fingerprint density at radius 3 is 2.51 bits per heavy atom. The number of ether oxygens (including phenoxy) is 2. The Balaban J connectivity index is 1.54. The fourth-order valence-corrected chi connectivity index (χ4v) is 6.97. The number of hydrogen-bond donors (Lipinski definition) is 0. The van der Waals surface area contributed by atoms with Crippen molar-refractivity contribution in [3.05, 3.63) is 126 Å². The summed E-state index contributed by atoms with van der Waals surface area (Å²) in [5, 5.41) is 2.33. The molecule has 0 saturated heterocycles. The van der Waals surface area contributed by atoms with Crippen LogP contribution in [0.4, 0.5) is 0 Å². The van der Waals surface area contributed by atoms with E-state index in [-0.39, 0.29) is 12.2 Å². The Labute approximate surface area is 253 Å². The molecule has 1 atom stereocenters. The van der Waals surface area contributed by atoms with Crippen LogP contribution in [0.25, 0.3) is 22.5 Å². The fraction of sp³-hybridized carbons (Fsp3) is 0.229. The van der Waals surface area contributed by atoms with E-state index in [1.807, 2.05) is 49.4 Å². The van der Waals surface area contributed by atoms with Gasteiger partial charge in [-0.05, 0) is 69.8 Å². The highest BCUT2D eigenvalue weighted by Gasteiger charge is 2.35. The van der Waals surface area contributed by atoms with Gasteiger partial charge in [0.15, 0.2) is 4.80 Å². The van der Waals surface area contributed by atoms with Crippen molar-refractivity contribution in [1.29, 1.82) is 0 Å². The van der Waals surface area contributed by atoms with Gasteiger partial charge in [0.1, 0.15) is 11.8 Å². The highest BCUT2D eigenvalue weighted by molar-refractivity contribution is 7.07. The van der Waals surface area contributed by atoms with E-state index in [0.717, 1.165) is 28.0 Å². The number of rotatable bonds is 7. The van der Waals surface area contributed by atoms with Crippen molar-refractivity contribution in [1.82, 2.24) is 9.13 Å². The van der Waals surface area contributed by atoms with Crippen LogP contribution < -0.4 is 19.6 Å². The van der Waals surface area contributed by atoms with E-state index in [2.05, 4.69) is 54.8 Å². The van der Waals surface area contributed by atoms with E-state index in [4.69, 9.17) is 14.5 Å². The zero-order valence-corrected chi connectivity index (χ0v) is 25.7. The van der Waals surface area contributed by atoms with Crippen LogP contribution in [-0.4, -0.2) is 28.3 Å². The molecule has 1 aliphatic rings. The summed E-state index contributed by atoms with van der Waals surface area (Å²) in [6.07, 6.45) is 1.93. The van der Waals surface area contributed by atoms with Gasteiger partial charge in [0.05, 0.1) is 34.7 Å². The smallest absolute Gasteiger partial charge is 0.338 e. The molecular formula is C35H33N3O4S. The first-order chi connectivity index (χ1) is 20.8. The van der Waals surface area contributed by atoms with Crippen molar-refractivity contribution in [3.63, 3.8) is 0 Å². The van der Waals surface area contributed by atoms with E-state index in [1.165, 1.54) is 16.7 Å². The second-order valence-corrected chi connectivity index (χ2v) is 11.4. The summed E-state index contributed by atoms with van der Waals surface area (Å²) in [7, 11) is 0. The van der Waals surface area contributed by atoms with Gasteiger partial charge < -0.3 is 14.0 Å². The van der Waals surface area contributed by atoms with Crippen molar-refractivity contribution in [2.24, 2.45) is 4.99 Å². The van der Waals surface area contributed by atoms with Crippen LogP contribution in [0.1, 0.15) is 49.3 Å². The SMILES string of the molecule is CCOC(=O)C1=C(C)N=c2s/c(=C\c3cc(C)n(-c4cccc5ccccc45)c3C)c(=O)n2[C@@H]1c1ccccc1OCC. The lowest BCUT2D eigenvalue weighted by molar-refractivity contribution is -0.139. The first-order valence-electron chi connectivity index (χ1n) is 14.4. The van der Waals surface area contributed by atoms with Gasteiger partial charge >= 0.3 is 5.97 Å². The zero-order valence-electron chi connectivity index (χ0n) is 24.9. The van der Waals surface area contributed by atoms with Crippen LogP contribution in [0.5, 0.6) is 5.75 Å². The summed E-state index contributed by atoms with van der Waals surface area (Å²) in [6.45, 7) is 10.3. The van der Waals surface area contributed by atoms with E-state index in [0.29, 0.717) is 38.5 Å². The molecule has 0 fully saturated rings. The first-order valence-corrected chi connectivity index (χ1v) is 15.2. The third-order valence-corrected chi connectivity index (χ3v) is 8.78. The lowest BCUT2D eigenvalue weighted by atomic mass is 9.95. The number of nitrogens with zero attached hydrogens (tertiary/aromatic N) is 3. The molecule has 5 aromatic rings. The van der Waals surface area contributed by atoms with Crippen molar-refractivity contribution in [2.75, 3.05) is 13.2 Å². The monoisotopic (exact) mass is 591 g/mol. The van der Waals surface area contributed by atoms with Crippen molar-refractivity contribution in [3.8, 4) is 11.4 Å². The average Bonchev–Trinajstić information content (AvgIpc) is 3.45. The Morgan fingerprint density at radius 2 is 1.72 bits per heavy atom. The molecule has 0 spiro atoms. The maximum absolute atomic E-state index is 14.2. The van der Waals surface area contributed by atoms with Gasteiger partial charge in [-0.15, -0.1) is 0 Å². The number of allylic oxidation sites excluding steroid dienone is 1. The van der Waals surface area contributed by atoms with Crippen molar-refractivity contribution < 1.29 is 14.3 Å². The first kappa shape index (κ1) is 28.4. The number of hydrogen-bond acceptors (Lipinski definition) is 6. The molecule has 3 aromatic carbocycles. The molecule has 6 rings (SSSR count). The average molecular weight is 592 g/mol. The predicted molar refractivity (Wildman–Crippen MR) is 171 cm³/mol. The Bertz CT molecular complexity index is 2090. The predicted octanol–water partition coefficient (Wildman–Crippen LogP) is 5.76. The maximum atomic E-state index is 14.2. The molecule has 7 nitrogen and oxygen atoms in total. The molecule has 0 saturated carbocycles. The molecule has 43 heavy (non-hydrogen) atoms. The molecule has 0 aliphatic carbocycles. The number of esters is 1. The minimum Gasteiger partial charge on any atom is -0.494 e. The minimum absolute atomic E-state index is 0.214. The normalized spacial score (nSPS) is 15.0. The number of aromatic nitrogens is 2. The summed E-state index contributed by atoms with van der Waals surface area (Å²) in [6, 6.07) is 23.5. The molecular weight excluding hydrogens is 558 g/mol. The molecule has 0 unspecified atom stereocenters. The minimum atomic E-state index is -0.733. The van der Waals surface area contributed by atoms with Crippen LogP contribution in [0, 0.1) is 13.8 Å². The Morgan fingerprint density at radius 1 is 0.977 bits per heavy atom. The molecule has 0 amide bonds. The molecule has 8 heteroatoms. The standard InChI is InChI=1S/C35H33N3O4S/c1-6-41-29-18-11-10-16-27(29)32-31(34(40)42-7-2)22(4)36-35-38(32)33(39)30(43-35)20-25-19-21(3)37(23(25)5)28-17-12-14-24-13-8-9-15-26(24)28/h8-20,32H,6-7H2,1-5H3/b30-20-/t32-/m1/s1. The third kappa shape index (κ3) is 4.91. The van der Waals surface area contributed by atoms with Gasteiger partial charge in [0.25, 0.3) is 5.56 Å². The molecule has 218 valence electrons. The number of carbonyl (C=O) groups excluding carboxylic acids is 1. The lowest BCUT2D eigenvalue weighted by Crippen LogP contribution is -2.40. The Hall–Kier alpha value is -4.69. The topological polar surface area (TPSA) is 74.8 Å². The van der Waals surface area contributed by atoms with Crippen LogP contribution in [0.3, 0.4) is 0 Å². The second kappa shape index (κ2) is 11.5. The van der Waals surface area contributed by atoms with E-state index < -0.39 is 12.0 Å². The fourth-order valence-electron chi connectivity index (χ4n) is 5.93. The van der Waals surface area contributed by atoms with Gasteiger partial charge in [-0.2, -0.15) is 0 Å². The Kier molecular flexibility index (Phi) is 7.62. The van der Waals surface area contributed by atoms with E-state index >= 15 is 0 Å². The second-order valence-electron chi connectivity index (χ2n) is 10.4. The lowest BCUT2D eigenvalue weighted by Gasteiger charge is -2.26. The van der Waals surface area contributed by atoms with Crippen LogP contribution in [0.15, 0.2) is 93.9 Å². The third-order valence-electron chi connectivity index (χ3n) is 7.79. The number of para-hydroxylation sites is 1. The van der Waals surface area contributed by atoms with Crippen molar-refractivity contribution >= 4 is 34.2 Å². The van der Waals surface area contributed by atoms with Crippen molar-refractivity contribution in [2.45, 2.75) is 40.7 Å². The van der Waals surface area contributed by atoms with Crippen LogP contribution in [0.2, 0.25) is 0 Å². The number of fused-ring (bicyclic) bond motifs is 2. The van der Waals surface area contributed by atoms with E-state index in [9.17, 15) is 9.59 Å². The summed E-state index contributed by atoms with van der Waals surface area (Å²) in [5.74, 6) is 0.118. The van der Waals surface area contributed by atoms with Crippen LogP contribution in [-0.2, 0) is 9.53 Å². The van der Waals surface area contributed by atoms with Gasteiger partial charge in [0, 0.05) is 22.3 Å². The summed E-state index contributed by atoms with van der Waals surface area (Å²) >= 11 is 1.32. The van der Waals surface area contributed by atoms with Gasteiger partial charge in [0.2, 0.25) is 0 Å². The quantitative estimate of drug-likeness (QED) is 0.226. The van der Waals surface area contributed by atoms with E-state index in [1.54, 1.807) is 18.4 Å². The molecule has 3 heterocycles. The maximum Gasteiger partial charge on any atom is 0.338 e. The van der Waals surface area contributed by atoms with Crippen LogP contribution >= 0.6 is 11.3 Å². The van der Waals surface area contributed by atoms with Gasteiger partial charge in [-0.3, -0.25) is 9.36 Å². The zero-order chi connectivity index (χ0) is 30.2. The summed E-state index contributed by atoms with van der Waals surface area (Å²) in [5.41, 5.74) is 5.49. The number of thiazole rings is 1. The highest BCUT2D eigenvalue weighted by atomic mass is 32.1. The van der Waals surface area contributed by atoms with Gasteiger partial charge in [-0.25, -0.2) is 9.79 Å². The van der Waals surface area contributed by atoms with Gasteiger partial charge in [-0.1, -0.05) is 65.9 Å². The number of carbonyl (C=O) groups is 1. The molecule has 0 radical (unpaired) electrons. The number of benzene rings is 3. The highest BCUT2D eigenvalue weighted by Crippen LogP contribution is 2.36. The molecule has 2 aromatic heterocycles. The number of aryl methyl sites for hydroxylation is 1.